The minimum atomic E-state index is -0.112. The quantitative estimate of drug-likeness (QED) is 0.734. The van der Waals surface area contributed by atoms with Crippen molar-refractivity contribution in [3.8, 4) is 18.1 Å². The molecule has 14 heavy (non-hydrogen) atoms. The molecule has 0 fully saturated rings. The third-order valence-corrected chi connectivity index (χ3v) is 1.48. The van der Waals surface area contributed by atoms with Crippen molar-refractivity contribution in [1.82, 2.24) is 0 Å². The Kier molecular flexibility index (Phi) is 3.57. The van der Waals surface area contributed by atoms with Crippen molar-refractivity contribution in [2.24, 2.45) is 0 Å². The van der Waals surface area contributed by atoms with Crippen molar-refractivity contribution in [1.29, 1.82) is 0 Å². The Morgan fingerprint density at radius 3 is 3.07 bits per heavy atom. The van der Waals surface area contributed by atoms with E-state index in [-0.39, 0.29) is 12.5 Å². The summed E-state index contributed by atoms with van der Waals surface area (Å²) in [5, 5.41) is 2.65. The summed E-state index contributed by atoms with van der Waals surface area (Å²) in [5.41, 5.74) is 0.701. The maximum Gasteiger partial charge on any atom is 0.221 e. The fourth-order valence-corrected chi connectivity index (χ4v) is 0.992. The van der Waals surface area contributed by atoms with Crippen molar-refractivity contribution in [2.75, 3.05) is 11.9 Å². The zero-order chi connectivity index (χ0) is 10.4. The largest absolute Gasteiger partial charge is 0.481 e. The molecule has 0 atom stereocenters. The molecule has 72 valence electrons. The summed E-state index contributed by atoms with van der Waals surface area (Å²) < 4.78 is 5.19. The van der Waals surface area contributed by atoms with Crippen LogP contribution in [0.1, 0.15) is 6.92 Å². The average Bonchev–Trinajstić information content (AvgIpc) is 2.14. The Labute approximate surface area is 83.1 Å². The van der Waals surface area contributed by atoms with Gasteiger partial charge in [-0.3, -0.25) is 4.79 Å². The van der Waals surface area contributed by atoms with E-state index in [4.69, 9.17) is 11.2 Å². The molecule has 3 nitrogen and oxygen atoms in total. The topological polar surface area (TPSA) is 38.3 Å². The minimum Gasteiger partial charge on any atom is -0.481 e. The molecule has 0 aliphatic carbocycles. The third-order valence-electron chi connectivity index (χ3n) is 1.48. The fourth-order valence-electron chi connectivity index (χ4n) is 0.992. The summed E-state index contributed by atoms with van der Waals surface area (Å²) in [7, 11) is 0. The first-order chi connectivity index (χ1) is 6.72. The lowest BCUT2D eigenvalue weighted by molar-refractivity contribution is -0.114. The van der Waals surface area contributed by atoms with Crippen LogP contribution in [0.15, 0.2) is 24.3 Å². The number of anilines is 1. The van der Waals surface area contributed by atoms with Gasteiger partial charge in [0.1, 0.15) is 12.4 Å². The maximum absolute atomic E-state index is 10.8. The van der Waals surface area contributed by atoms with E-state index in [1.807, 2.05) is 0 Å². The first kappa shape index (κ1) is 10.1. The van der Waals surface area contributed by atoms with E-state index in [0.717, 1.165) is 0 Å². The number of amides is 1. The standard InChI is InChI=1S/C11H11NO2/c1-3-7-14-11-6-4-5-10(8-11)12-9(2)13/h1,4-6,8H,7H2,2H3,(H,12,13). The van der Waals surface area contributed by atoms with Crippen molar-refractivity contribution in [2.45, 2.75) is 6.92 Å². The van der Waals surface area contributed by atoms with Crippen LogP contribution in [-0.4, -0.2) is 12.5 Å². The van der Waals surface area contributed by atoms with Crippen LogP contribution in [0.5, 0.6) is 5.75 Å². The van der Waals surface area contributed by atoms with Gasteiger partial charge in [0.25, 0.3) is 0 Å². The Bertz CT molecular complexity index is 366. The van der Waals surface area contributed by atoms with Crippen LogP contribution in [0, 0.1) is 12.3 Å². The van der Waals surface area contributed by atoms with E-state index >= 15 is 0 Å². The van der Waals surface area contributed by atoms with Gasteiger partial charge in [-0.05, 0) is 12.1 Å². The van der Waals surface area contributed by atoms with E-state index in [2.05, 4.69) is 11.2 Å². The number of carbonyl (C=O) groups excluding carboxylic acids is 1. The normalized spacial score (nSPS) is 8.86. The molecule has 0 bridgehead atoms. The summed E-state index contributed by atoms with van der Waals surface area (Å²) in [5.74, 6) is 2.90. The summed E-state index contributed by atoms with van der Waals surface area (Å²) in [6, 6.07) is 7.07. The maximum atomic E-state index is 10.8. The number of benzene rings is 1. The zero-order valence-corrected chi connectivity index (χ0v) is 7.91. The lowest BCUT2D eigenvalue weighted by Gasteiger charge is -2.05. The van der Waals surface area contributed by atoms with Gasteiger partial charge in [-0.25, -0.2) is 0 Å². The van der Waals surface area contributed by atoms with Crippen LogP contribution in [0.25, 0.3) is 0 Å². The van der Waals surface area contributed by atoms with Crippen molar-refractivity contribution < 1.29 is 9.53 Å². The predicted octanol–water partition coefficient (Wildman–Crippen LogP) is 1.66. The summed E-state index contributed by atoms with van der Waals surface area (Å²) >= 11 is 0. The molecular formula is C11H11NO2. The first-order valence-electron chi connectivity index (χ1n) is 4.16. The van der Waals surface area contributed by atoms with Crippen molar-refractivity contribution in [3.05, 3.63) is 24.3 Å². The van der Waals surface area contributed by atoms with Gasteiger partial charge in [-0.15, -0.1) is 6.42 Å². The molecule has 1 N–H and O–H groups in total. The van der Waals surface area contributed by atoms with Crippen molar-refractivity contribution >= 4 is 11.6 Å². The number of hydrogen-bond donors (Lipinski definition) is 1. The second kappa shape index (κ2) is 4.93. The fraction of sp³-hybridized carbons (Fsp3) is 0.182. The Morgan fingerprint density at radius 1 is 1.64 bits per heavy atom. The lowest BCUT2D eigenvalue weighted by atomic mass is 10.3. The molecule has 0 saturated heterocycles. The van der Waals surface area contributed by atoms with Gasteiger partial charge < -0.3 is 10.1 Å². The smallest absolute Gasteiger partial charge is 0.221 e. The van der Waals surface area contributed by atoms with Crippen LogP contribution >= 0.6 is 0 Å². The van der Waals surface area contributed by atoms with E-state index in [1.165, 1.54) is 6.92 Å². The Hall–Kier alpha value is -1.95. The van der Waals surface area contributed by atoms with Crippen molar-refractivity contribution in [3.63, 3.8) is 0 Å². The molecule has 0 aliphatic heterocycles. The van der Waals surface area contributed by atoms with Crippen LogP contribution in [0.4, 0.5) is 5.69 Å². The van der Waals surface area contributed by atoms with E-state index in [1.54, 1.807) is 24.3 Å². The molecule has 0 aliphatic rings. The molecule has 1 aromatic carbocycles. The molecule has 1 amide bonds. The molecular weight excluding hydrogens is 178 g/mol. The average molecular weight is 189 g/mol. The molecule has 1 aromatic rings. The van der Waals surface area contributed by atoms with Gasteiger partial charge in [0.05, 0.1) is 0 Å². The summed E-state index contributed by atoms with van der Waals surface area (Å²) in [6.07, 6.45) is 5.05. The van der Waals surface area contributed by atoms with E-state index in [0.29, 0.717) is 11.4 Å². The van der Waals surface area contributed by atoms with E-state index < -0.39 is 0 Å². The number of carbonyl (C=O) groups is 1. The molecule has 1 rings (SSSR count). The highest BCUT2D eigenvalue weighted by molar-refractivity contribution is 5.88. The third kappa shape index (κ3) is 3.20. The first-order valence-corrected chi connectivity index (χ1v) is 4.16. The van der Waals surface area contributed by atoms with Crippen LogP contribution in [0.3, 0.4) is 0 Å². The number of hydrogen-bond acceptors (Lipinski definition) is 2. The van der Waals surface area contributed by atoms with Gasteiger partial charge in [-0.2, -0.15) is 0 Å². The van der Waals surface area contributed by atoms with Crippen LogP contribution in [-0.2, 0) is 4.79 Å². The second-order valence-corrected chi connectivity index (χ2v) is 2.70. The van der Waals surface area contributed by atoms with Crippen LogP contribution < -0.4 is 10.1 Å². The SMILES string of the molecule is C#CCOc1cccc(NC(C)=O)c1. The van der Waals surface area contributed by atoms with Gasteiger partial charge in [0.2, 0.25) is 5.91 Å². The molecule has 0 unspecified atom stereocenters. The Morgan fingerprint density at radius 2 is 2.43 bits per heavy atom. The Balaban J connectivity index is 2.69. The molecule has 0 spiro atoms. The van der Waals surface area contributed by atoms with Gasteiger partial charge in [0.15, 0.2) is 0 Å². The monoisotopic (exact) mass is 189 g/mol. The lowest BCUT2D eigenvalue weighted by Crippen LogP contribution is -2.05. The molecule has 0 saturated carbocycles. The van der Waals surface area contributed by atoms with Gasteiger partial charge in [0, 0.05) is 18.7 Å². The predicted molar refractivity (Wildman–Crippen MR) is 55.1 cm³/mol. The van der Waals surface area contributed by atoms with Gasteiger partial charge >= 0.3 is 0 Å². The molecule has 3 heteroatoms. The summed E-state index contributed by atoms with van der Waals surface area (Å²) in [4.78, 5) is 10.8. The molecule has 0 heterocycles. The zero-order valence-electron chi connectivity index (χ0n) is 7.91. The summed E-state index contributed by atoms with van der Waals surface area (Å²) in [6.45, 7) is 1.68. The minimum absolute atomic E-state index is 0.112. The number of terminal acetylenes is 1. The number of nitrogens with one attached hydrogen (secondary N) is 1. The second-order valence-electron chi connectivity index (χ2n) is 2.70. The highest BCUT2D eigenvalue weighted by Gasteiger charge is 1.97. The number of rotatable bonds is 3. The molecule has 0 radical (unpaired) electrons. The highest BCUT2D eigenvalue weighted by atomic mass is 16.5. The van der Waals surface area contributed by atoms with E-state index in [9.17, 15) is 4.79 Å². The highest BCUT2D eigenvalue weighted by Crippen LogP contribution is 2.16. The van der Waals surface area contributed by atoms with Crippen LogP contribution in [0.2, 0.25) is 0 Å². The van der Waals surface area contributed by atoms with Gasteiger partial charge in [-0.1, -0.05) is 12.0 Å². The molecule has 0 aromatic heterocycles. The number of ether oxygens (including phenoxy) is 1.